The number of carbonyl (C=O) groups excluding carboxylic acids is 1. The highest BCUT2D eigenvalue weighted by atomic mass is 19.4. The summed E-state index contributed by atoms with van der Waals surface area (Å²) >= 11 is 0. The third kappa shape index (κ3) is 4.14. The summed E-state index contributed by atoms with van der Waals surface area (Å²) in [6.45, 7) is 3.46. The van der Waals surface area contributed by atoms with Gasteiger partial charge in [-0.25, -0.2) is 4.98 Å². The van der Waals surface area contributed by atoms with Gasteiger partial charge in [-0.1, -0.05) is 17.3 Å². The smallest absolute Gasteiger partial charge is 0.337 e. The maximum atomic E-state index is 13.5. The standard InChI is InChI=1S/C22H23F3N4O2/c1-13-19-17(21(30)29(3)16-8-5-9-28(2)12-16)11-18(26-20(19)31-27-13)14-6-4-7-15(10-14)22(23,24)25/h4,6-7,10-11,16H,5,8-9,12H2,1-3H3. The summed E-state index contributed by atoms with van der Waals surface area (Å²) in [5, 5.41) is 4.40. The Kier molecular flexibility index (Phi) is 5.47. The summed E-state index contributed by atoms with van der Waals surface area (Å²) in [5.74, 6) is -0.229. The lowest BCUT2D eigenvalue weighted by Crippen LogP contribution is -2.47. The number of hydrogen-bond donors (Lipinski definition) is 0. The monoisotopic (exact) mass is 432 g/mol. The van der Waals surface area contributed by atoms with Gasteiger partial charge in [0.15, 0.2) is 0 Å². The Bertz CT molecular complexity index is 1130. The fourth-order valence-electron chi connectivity index (χ4n) is 4.08. The van der Waals surface area contributed by atoms with E-state index in [0.717, 1.165) is 38.1 Å². The molecule has 0 saturated carbocycles. The number of piperidine rings is 1. The fourth-order valence-corrected chi connectivity index (χ4v) is 4.08. The number of nitrogens with zero attached hydrogens (tertiary/aromatic N) is 4. The molecule has 6 nitrogen and oxygen atoms in total. The normalized spacial score (nSPS) is 17.8. The van der Waals surface area contributed by atoms with Crippen LogP contribution in [0.15, 0.2) is 34.9 Å². The maximum absolute atomic E-state index is 13.5. The number of alkyl halides is 3. The minimum Gasteiger partial charge on any atom is -0.337 e. The first-order valence-electron chi connectivity index (χ1n) is 10.1. The van der Waals surface area contributed by atoms with Crippen LogP contribution in [0.3, 0.4) is 0 Å². The van der Waals surface area contributed by atoms with Crippen molar-refractivity contribution in [2.45, 2.75) is 32.0 Å². The summed E-state index contributed by atoms with van der Waals surface area (Å²) in [6, 6.07) is 6.45. The molecule has 2 aromatic heterocycles. The number of pyridine rings is 1. The molecule has 1 amide bonds. The van der Waals surface area contributed by atoms with Crippen LogP contribution in [0.5, 0.6) is 0 Å². The summed E-state index contributed by atoms with van der Waals surface area (Å²) in [7, 11) is 3.77. The molecule has 0 N–H and O–H groups in total. The average molecular weight is 432 g/mol. The van der Waals surface area contributed by atoms with Crippen LogP contribution in [0.2, 0.25) is 0 Å². The number of aromatic nitrogens is 2. The number of fused-ring (bicyclic) bond motifs is 1. The first kappa shape index (κ1) is 21.3. The van der Waals surface area contributed by atoms with Gasteiger partial charge in [0, 0.05) is 25.2 Å². The molecular weight excluding hydrogens is 409 g/mol. The van der Waals surface area contributed by atoms with Crippen LogP contribution in [0.1, 0.15) is 34.5 Å². The van der Waals surface area contributed by atoms with Gasteiger partial charge in [0.05, 0.1) is 27.9 Å². The summed E-state index contributed by atoms with van der Waals surface area (Å²) in [4.78, 5) is 21.7. The zero-order valence-corrected chi connectivity index (χ0v) is 17.5. The van der Waals surface area contributed by atoms with Crippen molar-refractivity contribution in [3.63, 3.8) is 0 Å². The molecule has 1 atom stereocenters. The molecule has 4 rings (SSSR count). The van der Waals surface area contributed by atoms with Crippen LogP contribution < -0.4 is 0 Å². The zero-order chi connectivity index (χ0) is 22.3. The van der Waals surface area contributed by atoms with E-state index in [2.05, 4.69) is 15.0 Å². The SMILES string of the molecule is Cc1noc2nc(-c3cccc(C(F)(F)F)c3)cc(C(=O)N(C)C3CCCN(C)C3)c12. The van der Waals surface area contributed by atoms with Gasteiger partial charge in [-0.2, -0.15) is 13.2 Å². The molecule has 164 valence electrons. The van der Waals surface area contributed by atoms with Crippen LogP contribution in [0.4, 0.5) is 13.2 Å². The van der Waals surface area contributed by atoms with E-state index in [1.807, 2.05) is 7.05 Å². The number of likely N-dealkylation sites (N-methyl/N-ethyl adjacent to an activating group) is 2. The number of aryl methyl sites for hydroxylation is 1. The number of carbonyl (C=O) groups is 1. The second-order valence-corrected chi connectivity index (χ2v) is 8.06. The Morgan fingerprint density at radius 3 is 2.77 bits per heavy atom. The number of hydrogen-bond acceptors (Lipinski definition) is 5. The van der Waals surface area contributed by atoms with Crippen molar-refractivity contribution < 1.29 is 22.5 Å². The number of amides is 1. The first-order valence-corrected chi connectivity index (χ1v) is 10.1. The van der Waals surface area contributed by atoms with E-state index in [9.17, 15) is 18.0 Å². The Morgan fingerprint density at radius 1 is 1.29 bits per heavy atom. The summed E-state index contributed by atoms with van der Waals surface area (Å²) in [5.41, 5.74) is 0.662. The molecule has 1 fully saturated rings. The van der Waals surface area contributed by atoms with E-state index >= 15 is 0 Å². The lowest BCUT2D eigenvalue weighted by Gasteiger charge is -2.36. The summed E-state index contributed by atoms with van der Waals surface area (Å²) < 4.78 is 44.8. The van der Waals surface area contributed by atoms with Gasteiger partial charge in [-0.15, -0.1) is 0 Å². The maximum Gasteiger partial charge on any atom is 0.416 e. The minimum atomic E-state index is -4.48. The van der Waals surface area contributed by atoms with Crippen LogP contribution in [0, 0.1) is 6.92 Å². The quantitative estimate of drug-likeness (QED) is 0.615. The van der Waals surface area contributed by atoms with Crippen molar-refractivity contribution in [2.24, 2.45) is 0 Å². The highest BCUT2D eigenvalue weighted by Gasteiger charge is 2.31. The van der Waals surface area contributed by atoms with Crippen LogP contribution in [-0.2, 0) is 6.18 Å². The molecule has 0 aliphatic carbocycles. The van der Waals surface area contributed by atoms with Gasteiger partial charge in [-0.3, -0.25) is 4.79 Å². The molecule has 9 heteroatoms. The summed E-state index contributed by atoms with van der Waals surface area (Å²) in [6.07, 6.45) is -2.59. The molecule has 3 aromatic rings. The van der Waals surface area contributed by atoms with Crippen LogP contribution in [0.25, 0.3) is 22.4 Å². The molecule has 1 unspecified atom stereocenters. The van der Waals surface area contributed by atoms with E-state index < -0.39 is 11.7 Å². The average Bonchev–Trinajstić information content (AvgIpc) is 3.12. The molecule has 1 aliphatic rings. The Labute approximate surface area is 177 Å². The van der Waals surface area contributed by atoms with E-state index in [-0.39, 0.29) is 28.9 Å². The molecule has 1 saturated heterocycles. The van der Waals surface area contributed by atoms with Gasteiger partial charge in [0.2, 0.25) is 0 Å². The molecule has 0 spiro atoms. The second-order valence-electron chi connectivity index (χ2n) is 8.06. The van der Waals surface area contributed by atoms with Crippen molar-refractivity contribution in [1.29, 1.82) is 0 Å². The molecular formula is C22H23F3N4O2. The van der Waals surface area contributed by atoms with Crippen LogP contribution in [-0.4, -0.2) is 59.1 Å². The Balaban J connectivity index is 1.78. The first-order chi connectivity index (χ1) is 14.6. The van der Waals surface area contributed by atoms with Gasteiger partial charge >= 0.3 is 6.18 Å². The lowest BCUT2D eigenvalue weighted by atomic mass is 10.0. The van der Waals surface area contributed by atoms with E-state index in [1.165, 1.54) is 18.2 Å². The molecule has 1 aromatic carbocycles. The fraction of sp³-hybridized carbons (Fsp3) is 0.409. The van der Waals surface area contributed by atoms with Crippen LogP contribution >= 0.6 is 0 Å². The molecule has 3 heterocycles. The van der Waals surface area contributed by atoms with E-state index in [4.69, 9.17) is 4.52 Å². The third-order valence-electron chi connectivity index (χ3n) is 5.80. The zero-order valence-electron chi connectivity index (χ0n) is 17.5. The second kappa shape index (κ2) is 7.96. The minimum absolute atomic E-state index is 0.0478. The largest absolute Gasteiger partial charge is 0.416 e. The highest BCUT2D eigenvalue weighted by molar-refractivity contribution is 6.07. The number of halogens is 3. The lowest BCUT2D eigenvalue weighted by molar-refractivity contribution is -0.137. The Morgan fingerprint density at radius 2 is 2.06 bits per heavy atom. The predicted molar refractivity (Wildman–Crippen MR) is 110 cm³/mol. The van der Waals surface area contributed by atoms with Gasteiger partial charge in [0.25, 0.3) is 11.6 Å². The van der Waals surface area contributed by atoms with E-state index in [1.54, 1.807) is 18.9 Å². The highest BCUT2D eigenvalue weighted by Crippen LogP contribution is 2.33. The molecule has 0 bridgehead atoms. The topological polar surface area (TPSA) is 62.5 Å². The van der Waals surface area contributed by atoms with Crippen molar-refractivity contribution in [3.8, 4) is 11.3 Å². The molecule has 31 heavy (non-hydrogen) atoms. The van der Waals surface area contributed by atoms with Gasteiger partial charge < -0.3 is 14.3 Å². The van der Waals surface area contributed by atoms with Crippen molar-refractivity contribution in [1.82, 2.24) is 19.9 Å². The van der Waals surface area contributed by atoms with E-state index in [0.29, 0.717) is 16.6 Å². The van der Waals surface area contributed by atoms with Gasteiger partial charge in [-0.05, 0) is 51.6 Å². The number of rotatable bonds is 3. The predicted octanol–water partition coefficient (Wildman–Crippen LogP) is 4.38. The van der Waals surface area contributed by atoms with Gasteiger partial charge in [0.1, 0.15) is 0 Å². The Hall–Kier alpha value is -2.94. The molecule has 1 aliphatic heterocycles. The van der Waals surface area contributed by atoms with Crippen molar-refractivity contribution in [2.75, 3.05) is 27.2 Å². The van der Waals surface area contributed by atoms with Crippen molar-refractivity contribution >= 4 is 17.0 Å². The third-order valence-corrected chi connectivity index (χ3v) is 5.80. The molecule has 0 radical (unpaired) electrons. The number of benzene rings is 1. The van der Waals surface area contributed by atoms with Crippen molar-refractivity contribution in [3.05, 3.63) is 47.2 Å². The number of likely N-dealkylation sites (tertiary alicyclic amines) is 1.